The number of aryl methyl sites for hydroxylation is 1. The molecule has 2 atom stereocenters. The highest BCUT2D eigenvalue weighted by atomic mass is 32.2. The molecule has 1 aliphatic carbocycles. The van der Waals surface area contributed by atoms with E-state index in [-0.39, 0.29) is 16.2 Å². The molecule has 2 unspecified atom stereocenters. The van der Waals surface area contributed by atoms with Crippen LogP contribution in [0.1, 0.15) is 70.7 Å². The van der Waals surface area contributed by atoms with Gasteiger partial charge in [0, 0.05) is 24.6 Å². The largest absolute Gasteiger partial charge is 0.598 e. The van der Waals surface area contributed by atoms with Crippen molar-refractivity contribution in [3.63, 3.8) is 0 Å². The second-order valence-corrected chi connectivity index (χ2v) is 9.50. The van der Waals surface area contributed by atoms with Gasteiger partial charge in [0.05, 0.1) is 5.56 Å². The number of hydrogen-bond donors (Lipinski definition) is 1. The van der Waals surface area contributed by atoms with Crippen molar-refractivity contribution < 1.29 is 4.55 Å². The van der Waals surface area contributed by atoms with Crippen molar-refractivity contribution in [2.45, 2.75) is 64.2 Å². The van der Waals surface area contributed by atoms with Crippen LogP contribution in [0.5, 0.6) is 0 Å². The quantitative estimate of drug-likeness (QED) is 0.865. The maximum Gasteiger partial charge on any atom is 0.136 e. The molecule has 0 aliphatic heterocycles. The van der Waals surface area contributed by atoms with Gasteiger partial charge >= 0.3 is 0 Å². The molecule has 122 valence electrons. The average molecular weight is 322 g/mol. The molecular formula is C16H26N4OS. The molecule has 1 saturated carbocycles. The molecule has 1 aromatic heterocycles. The number of nitriles is 1. The Morgan fingerprint density at radius 2 is 2.05 bits per heavy atom. The summed E-state index contributed by atoms with van der Waals surface area (Å²) < 4.78 is 17.2. The van der Waals surface area contributed by atoms with Gasteiger partial charge in [0.1, 0.15) is 22.6 Å². The van der Waals surface area contributed by atoms with Crippen molar-refractivity contribution in [3.05, 3.63) is 17.5 Å². The lowest BCUT2D eigenvalue weighted by atomic mass is 9.79. The van der Waals surface area contributed by atoms with E-state index in [0.29, 0.717) is 5.56 Å². The zero-order valence-corrected chi connectivity index (χ0v) is 15.0. The molecule has 0 bridgehead atoms. The first-order valence-electron chi connectivity index (χ1n) is 7.79. The molecule has 1 N–H and O–H groups in total. The second kappa shape index (κ2) is 6.23. The smallest absolute Gasteiger partial charge is 0.136 e. The van der Waals surface area contributed by atoms with E-state index in [1.54, 1.807) is 10.9 Å². The summed E-state index contributed by atoms with van der Waals surface area (Å²) in [6.45, 7) is 8.07. The number of nitrogens with zero attached hydrogens (tertiary/aromatic N) is 3. The van der Waals surface area contributed by atoms with Crippen molar-refractivity contribution in [3.8, 4) is 6.07 Å². The van der Waals surface area contributed by atoms with Crippen LogP contribution in [0.25, 0.3) is 0 Å². The maximum atomic E-state index is 12.6. The molecule has 5 nitrogen and oxygen atoms in total. The lowest BCUT2D eigenvalue weighted by Crippen LogP contribution is -2.46. The van der Waals surface area contributed by atoms with Crippen LogP contribution in [0.3, 0.4) is 0 Å². The van der Waals surface area contributed by atoms with E-state index in [1.165, 1.54) is 12.8 Å². The minimum Gasteiger partial charge on any atom is -0.598 e. The number of hydrogen-bond acceptors (Lipinski definition) is 4. The summed E-state index contributed by atoms with van der Waals surface area (Å²) >= 11 is -1.20. The normalized spacial score (nSPS) is 20.6. The van der Waals surface area contributed by atoms with Crippen LogP contribution in [-0.4, -0.2) is 19.1 Å². The molecule has 22 heavy (non-hydrogen) atoms. The molecule has 0 amide bonds. The minimum atomic E-state index is -1.20. The zero-order chi connectivity index (χ0) is 16.5. The first-order valence-corrected chi connectivity index (χ1v) is 8.94. The van der Waals surface area contributed by atoms with E-state index >= 15 is 0 Å². The summed E-state index contributed by atoms with van der Waals surface area (Å²) in [6.07, 6.45) is 6.21. The molecule has 0 spiro atoms. The fourth-order valence-corrected chi connectivity index (χ4v) is 4.05. The maximum absolute atomic E-state index is 12.6. The van der Waals surface area contributed by atoms with Gasteiger partial charge in [-0.3, -0.25) is 4.68 Å². The monoisotopic (exact) mass is 322 g/mol. The Morgan fingerprint density at radius 1 is 1.45 bits per heavy atom. The van der Waals surface area contributed by atoms with Crippen LogP contribution in [0.4, 0.5) is 0 Å². The van der Waals surface area contributed by atoms with Crippen molar-refractivity contribution in [1.82, 2.24) is 14.5 Å². The molecule has 1 fully saturated rings. The standard InChI is InChI=1S/C16H26N4OS/c1-15(2,3)22(21)19-14(16(4)8-6-7-9-16)13-12(10-17)11-20(5)18-13/h11,14,19H,6-9H2,1-5H3. The molecule has 0 aromatic carbocycles. The van der Waals surface area contributed by atoms with Gasteiger partial charge in [-0.05, 0) is 39.0 Å². The Morgan fingerprint density at radius 3 is 2.55 bits per heavy atom. The van der Waals surface area contributed by atoms with Crippen molar-refractivity contribution in [2.24, 2.45) is 12.5 Å². The van der Waals surface area contributed by atoms with Crippen LogP contribution in [-0.2, 0) is 18.4 Å². The second-order valence-electron chi connectivity index (χ2n) is 7.51. The lowest BCUT2D eigenvalue weighted by Gasteiger charge is -2.36. The van der Waals surface area contributed by atoms with Gasteiger partial charge in [0.2, 0.25) is 0 Å². The minimum absolute atomic E-state index is 0.0130. The van der Waals surface area contributed by atoms with Crippen LogP contribution in [0.2, 0.25) is 0 Å². The Balaban J connectivity index is 2.40. The van der Waals surface area contributed by atoms with Gasteiger partial charge in [-0.1, -0.05) is 19.8 Å². The Labute approximate surface area is 136 Å². The number of aromatic nitrogens is 2. The fourth-order valence-electron chi connectivity index (χ4n) is 3.09. The van der Waals surface area contributed by atoms with Gasteiger partial charge in [-0.15, -0.1) is 4.72 Å². The predicted octanol–water partition coefficient (Wildman–Crippen LogP) is 2.96. The van der Waals surface area contributed by atoms with Crippen LogP contribution in [0, 0.1) is 16.7 Å². The number of nitrogens with one attached hydrogen (secondary N) is 1. The van der Waals surface area contributed by atoms with Crippen LogP contribution >= 0.6 is 0 Å². The molecule has 6 heteroatoms. The molecule has 1 heterocycles. The van der Waals surface area contributed by atoms with Crippen molar-refractivity contribution in [1.29, 1.82) is 5.26 Å². The summed E-state index contributed by atoms with van der Waals surface area (Å²) in [5.41, 5.74) is 1.28. The summed E-state index contributed by atoms with van der Waals surface area (Å²) in [7, 11) is 1.82. The fraction of sp³-hybridized carbons (Fsp3) is 0.750. The highest BCUT2D eigenvalue weighted by molar-refractivity contribution is 7.90. The van der Waals surface area contributed by atoms with E-state index in [4.69, 9.17) is 0 Å². The van der Waals surface area contributed by atoms with E-state index < -0.39 is 11.4 Å². The zero-order valence-electron chi connectivity index (χ0n) is 14.1. The van der Waals surface area contributed by atoms with Gasteiger partial charge in [-0.25, -0.2) is 0 Å². The van der Waals surface area contributed by atoms with Crippen LogP contribution < -0.4 is 4.72 Å². The van der Waals surface area contributed by atoms with E-state index in [1.807, 2.05) is 27.8 Å². The molecule has 0 radical (unpaired) electrons. The highest BCUT2D eigenvalue weighted by Crippen LogP contribution is 2.48. The molecule has 1 aliphatic rings. The van der Waals surface area contributed by atoms with Gasteiger partial charge < -0.3 is 4.55 Å². The summed E-state index contributed by atoms with van der Waals surface area (Å²) in [6, 6.07) is 2.07. The van der Waals surface area contributed by atoms with Gasteiger partial charge in [-0.2, -0.15) is 10.4 Å². The molecule has 1 aromatic rings. The summed E-state index contributed by atoms with van der Waals surface area (Å²) in [5, 5.41) is 13.9. The third kappa shape index (κ3) is 3.48. The number of rotatable bonds is 4. The van der Waals surface area contributed by atoms with Crippen molar-refractivity contribution in [2.75, 3.05) is 0 Å². The SMILES string of the molecule is Cn1cc(C#N)c(C(N[S+]([O-])C(C)(C)C)C2(C)CCCC2)n1. The van der Waals surface area contributed by atoms with E-state index in [9.17, 15) is 9.81 Å². The van der Waals surface area contributed by atoms with Gasteiger partial charge in [0.25, 0.3) is 0 Å². The van der Waals surface area contributed by atoms with E-state index in [2.05, 4.69) is 22.8 Å². The Kier molecular flexibility index (Phi) is 4.90. The molecular weight excluding hydrogens is 296 g/mol. The topological polar surface area (TPSA) is 76.7 Å². The van der Waals surface area contributed by atoms with Crippen molar-refractivity contribution >= 4 is 11.4 Å². The third-order valence-corrected chi connectivity index (χ3v) is 6.04. The Bertz CT molecular complexity index is 564. The van der Waals surface area contributed by atoms with Crippen LogP contribution in [0.15, 0.2) is 6.20 Å². The predicted molar refractivity (Wildman–Crippen MR) is 88.3 cm³/mol. The third-order valence-electron chi connectivity index (χ3n) is 4.48. The average Bonchev–Trinajstić information content (AvgIpc) is 3.01. The first-order chi connectivity index (χ1) is 10.2. The molecule has 0 saturated heterocycles. The highest BCUT2D eigenvalue weighted by Gasteiger charge is 2.44. The molecule has 2 rings (SSSR count). The Hall–Kier alpha value is -1.03. The lowest BCUT2D eigenvalue weighted by molar-refractivity contribution is 0.241. The van der Waals surface area contributed by atoms with E-state index in [0.717, 1.165) is 18.5 Å². The summed E-state index contributed by atoms with van der Waals surface area (Å²) in [4.78, 5) is 0. The first kappa shape index (κ1) is 17.3. The summed E-state index contributed by atoms with van der Waals surface area (Å²) in [5.74, 6) is 0. The van der Waals surface area contributed by atoms with Gasteiger partial charge in [0.15, 0.2) is 0 Å².